The SMILES string of the molecule is N#Cc1ccc(OP(=O)(O)CNSc2cc3cc(OCCNC(=O)c4ccccc4)c(OCCNC(=O)c4ccccc4)cc3s2)cc1F. The van der Waals surface area contributed by atoms with Crippen molar-refractivity contribution in [1.82, 2.24) is 15.4 Å². The van der Waals surface area contributed by atoms with Crippen LogP contribution < -0.4 is 29.4 Å². The molecule has 0 spiro atoms. The third-order valence-corrected chi connectivity index (χ3v) is 9.94. The standard InChI is InChI=1S/C34H30FN4O7PS2/c35-28-19-27(12-11-25(28)21-36)46-47(42,43)22-39-49-32-18-26-17-29(44-15-13-37-33(40)23-7-3-1-4-8-23)30(20-31(26)48-32)45-16-14-38-34(41)24-9-5-2-6-10-24/h1-12,17-20,39H,13-16,22H2,(H,37,40)(H,38,41)(H,42,43). The molecule has 5 rings (SSSR count). The lowest BCUT2D eigenvalue weighted by Gasteiger charge is -2.14. The highest BCUT2D eigenvalue weighted by atomic mass is 32.2. The zero-order chi connectivity index (χ0) is 34.6. The summed E-state index contributed by atoms with van der Waals surface area (Å²) in [4.78, 5) is 35.1. The van der Waals surface area contributed by atoms with Crippen LogP contribution in [0.3, 0.4) is 0 Å². The van der Waals surface area contributed by atoms with E-state index in [4.69, 9.17) is 19.3 Å². The number of benzene rings is 4. The van der Waals surface area contributed by atoms with Crippen LogP contribution in [0, 0.1) is 17.1 Å². The van der Waals surface area contributed by atoms with Crippen LogP contribution >= 0.6 is 30.9 Å². The molecule has 0 fully saturated rings. The molecule has 0 bridgehead atoms. The number of ether oxygens (including phenoxy) is 2. The second-order valence-electron chi connectivity index (χ2n) is 10.2. The molecule has 5 aromatic rings. The van der Waals surface area contributed by atoms with E-state index in [1.807, 2.05) is 18.2 Å². The average molecular weight is 721 g/mol. The highest BCUT2D eigenvalue weighted by Crippen LogP contribution is 2.44. The van der Waals surface area contributed by atoms with E-state index >= 15 is 0 Å². The molecule has 1 atom stereocenters. The van der Waals surface area contributed by atoms with Gasteiger partial charge in [-0.3, -0.25) is 9.59 Å². The van der Waals surface area contributed by atoms with E-state index in [-0.39, 0.29) is 49.4 Å². The van der Waals surface area contributed by atoms with Gasteiger partial charge >= 0.3 is 7.60 Å². The fourth-order valence-electron chi connectivity index (χ4n) is 4.36. The monoisotopic (exact) mass is 720 g/mol. The third-order valence-electron chi connectivity index (χ3n) is 6.67. The van der Waals surface area contributed by atoms with Crippen LogP contribution in [-0.4, -0.2) is 49.3 Å². The van der Waals surface area contributed by atoms with Gasteiger partial charge in [0, 0.05) is 28.0 Å². The summed E-state index contributed by atoms with van der Waals surface area (Å²) >= 11 is 2.51. The van der Waals surface area contributed by atoms with Crippen LogP contribution in [0.1, 0.15) is 26.3 Å². The minimum atomic E-state index is -4.21. The molecule has 49 heavy (non-hydrogen) atoms. The number of carbonyl (C=O) groups excluding carboxylic acids is 2. The van der Waals surface area contributed by atoms with Crippen LogP contribution in [-0.2, 0) is 4.57 Å². The van der Waals surface area contributed by atoms with Crippen molar-refractivity contribution >= 4 is 52.8 Å². The van der Waals surface area contributed by atoms with Gasteiger partial charge in [-0.1, -0.05) is 36.4 Å². The van der Waals surface area contributed by atoms with Crippen molar-refractivity contribution in [2.24, 2.45) is 0 Å². The maximum absolute atomic E-state index is 13.9. The Hall–Kier alpha value is -4.90. The van der Waals surface area contributed by atoms with Crippen molar-refractivity contribution in [3.05, 3.63) is 120 Å². The first-order valence-corrected chi connectivity index (χ1v) is 18.2. The Morgan fingerprint density at radius 1 is 0.857 bits per heavy atom. The zero-order valence-electron chi connectivity index (χ0n) is 25.8. The summed E-state index contributed by atoms with van der Waals surface area (Å²) in [6.45, 7) is 0.805. The van der Waals surface area contributed by atoms with Gasteiger partial charge in [0.15, 0.2) is 11.5 Å². The second-order valence-corrected chi connectivity index (χ2v) is 14.3. The lowest BCUT2D eigenvalue weighted by atomic mass is 10.2. The van der Waals surface area contributed by atoms with Gasteiger partial charge in [-0.15, -0.1) is 11.3 Å². The number of hydrogen-bond acceptors (Lipinski definition) is 10. The van der Waals surface area contributed by atoms with Crippen LogP contribution in [0.5, 0.6) is 17.2 Å². The van der Waals surface area contributed by atoms with Crippen molar-refractivity contribution in [3.8, 4) is 23.3 Å². The summed E-state index contributed by atoms with van der Waals surface area (Å²) in [6.07, 6.45) is -0.445. The number of thiophene rings is 1. The van der Waals surface area contributed by atoms with Crippen molar-refractivity contribution < 1.29 is 37.4 Å². The van der Waals surface area contributed by atoms with Gasteiger partial charge in [-0.2, -0.15) is 5.26 Å². The molecule has 1 aromatic heterocycles. The first-order valence-electron chi connectivity index (χ1n) is 14.8. The predicted octanol–water partition coefficient (Wildman–Crippen LogP) is 6.35. The molecular formula is C34H30FN4O7PS2. The minimum absolute atomic E-state index is 0.160. The molecule has 0 aliphatic rings. The minimum Gasteiger partial charge on any atom is -0.488 e. The van der Waals surface area contributed by atoms with Crippen molar-refractivity contribution in [2.45, 2.75) is 4.21 Å². The molecule has 4 aromatic carbocycles. The summed E-state index contributed by atoms with van der Waals surface area (Å²) in [7, 11) is -4.21. The number of carbonyl (C=O) groups is 2. The fourth-order valence-corrected chi connectivity index (χ4v) is 7.52. The first kappa shape index (κ1) is 35.4. The van der Waals surface area contributed by atoms with Gasteiger partial charge in [0.25, 0.3) is 11.8 Å². The summed E-state index contributed by atoms with van der Waals surface area (Å²) in [5.74, 6) is -0.603. The molecule has 252 valence electrons. The van der Waals surface area contributed by atoms with Crippen molar-refractivity contribution in [2.75, 3.05) is 32.6 Å². The molecular weight excluding hydrogens is 691 g/mol. The van der Waals surface area contributed by atoms with Crippen molar-refractivity contribution in [1.29, 1.82) is 5.26 Å². The van der Waals surface area contributed by atoms with Gasteiger partial charge in [0.1, 0.15) is 37.1 Å². The highest BCUT2D eigenvalue weighted by molar-refractivity contribution is 7.99. The summed E-state index contributed by atoms with van der Waals surface area (Å²) < 4.78 is 48.0. The van der Waals surface area contributed by atoms with E-state index in [2.05, 4.69) is 15.4 Å². The lowest BCUT2D eigenvalue weighted by Crippen LogP contribution is -2.28. The Labute approximate surface area is 289 Å². The van der Waals surface area contributed by atoms with Crippen LogP contribution in [0.2, 0.25) is 0 Å². The maximum atomic E-state index is 13.9. The van der Waals surface area contributed by atoms with Crippen molar-refractivity contribution in [3.63, 3.8) is 0 Å². The number of nitrogens with zero attached hydrogens (tertiary/aromatic N) is 1. The molecule has 15 heteroatoms. The number of amides is 2. The van der Waals surface area contributed by atoms with Crippen LogP contribution in [0.15, 0.2) is 101 Å². The van der Waals surface area contributed by atoms with Gasteiger partial charge in [-0.05, 0) is 65.9 Å². The maximum Gasteiger partial charge on any atom is 0.391 e. The Morgan fingerprint density at radius 2 is 1.45 bits per heavy atom. The van der Waals surface area contributed by atoms with E-state index < -0.39 is 19.7 Å². The summed E-state index contributed by atoms with van der Waals surface area (Å²) in [6, 6.07) is 28.1. The Morgan fingerprint density at radius 3 is 2.02 bits per heavy atom. The average Bonchev–Trinajstić information content (AvgIpc) is 3.50. The third kappa shape index (κ3) is 10.3. The fraction of sp³-hybridized carbons (Fsp3) is 0.147. The Bertz CT molecular complexity index is 1910. The number of fused-ring (bicyclic) bond motifs is 1. The molecule has 1 heterocycles. The van der Waals surface area contributed by atoms with Crippen LogP contribution in [0.4, 0.5) is 4.39 Å². The molecule has 0 saturated heterocycles. The zero-order valence-corrected chi connectivity index (χ0v) is 28.3. The molecule has 0 saturated carbocycles. The van der Waals surface area contributed by atoms with Gasteiger partial charge < -0.3 is 29.5 Å². The quantitative estimate of drug-likeness (QED) is 0.0514. The predicted molar refractivity (Wildman–Crippen MR) is 186 cm³/mol. The van der Waals surface area contributed by atoms with Gasteiger partial charge in [0.05, 0.1) is 22.9 Å². The highest BCUT2D eigenvalue weighted by Gasteiger charge is 2.22. The Balaban J connectivity index is 1.21. The molecule has 0 aliphatic heterocycles. The summed E-state index contributed by atoms with van der Waals surface area (Å²) in [5.41, 5.74) is 0.870. The molecule has 2 amide bonds. The molecule has 0 aliphatic carbocycles. The van der Waals surface area contributed by atoms with E-state index in [0.717, 1.165) is 32.3 Å². The van der Waals surface area contributed by atoms with E-state index in [9.17, 15) is 23.4 Å². The number of hydrogen-bond donors (Lipinski definition) is 4. The molecule has 4 N–H and O–H groups in total. The topological polar surface area (TPSA) is 159 Å². The van der Waals surface area contributed by atoms with Crippen LogP contribution in [0.25, 0.3) is 10.1 Å². The number of nitriles is 1. The smallest absolute Gasteiger partial charge is 0.391 e. The largest absolute Gasteiger partial charge is 0.488 e. The van der Waals surface area contributed by atoms with Gasteiger partial charge in [0.2, 0.25) is 0 Å². The van der Waals surface area contributed by atoms with Gasteiger partial charge in [-0.25, -0.2) is 13.7 Å². The van der Waals surface area contributed by atoms with E-state index in [1.54, 1.807) is 66.7 Å². The Kier molecular flexibility index (Phi) is 12.3. The molecule has 0 radical (unpaired) electrons. The number of rotatable bonds is 16. The normalized spacial score (nSPS) is 12.0. The number of halogens is 1. The first-order chi connectivity index (χ1) is 23.7. The van der Waals surface area contributed by atoms with E-state index in [1.165, 1.54) is 23.5 Å². The molecule has 11 nitrogen and oxygen atoms in total. The molecule has 1 unspecified atom stereocenters. The number of nitrogens with one attached hydrogen (secondary N) is 3. The second kappa shape index (κ2) is 17.0. The van der Waals surface area contributed by atoms with E-state index in [0.29, 0.717) is 22.6 Å². The lowest BCUT2D eigenvalue weighted by molar-refractivity contribution is 0.0937. The summed E-state index contributed by atoms with van der Waals surface area (Å²) in [5, 5.41) is 15.3.